The smallest absolute Gasteiger partial charge is 0.233 e. The van der Waals surface area contributed by atoms with Gasteiger partial charge in [0.15, 0.2) is 0 Å². The number of nitrogens with one attached hydrogen (secondary N) is 1. The molecule has 1 rings (SSSR count). The van der Waals surface area contributed by atoms with Gasteiger partial charge in [0, 0.05) is 0 Å². The summed E-state index contributed by atoms with van der Waals surface area (Å²) in [6.07, 6.45) is 0. The van der Waals surface area contributed by atoms with Crippen LogP contribution in [0.4, 0.5) is 5.69 Å². The molecule has 108 valence electrons. The summed E-state index contributed by atoms with van der Waals surface area (Å²) in [7, 11) is -3.43. The van der Waals surface area contributed by atoms with E-state index < -0.39 is 10.0 Å². The fraction of sp³-hybridized carbons (Fsp3) is 0.571. The SMILES string of the molecule is CC(C)CS(=O)(=O)Nc1cc(C(C)(C)C)ccc1O. The van der Waals surface area contributed by atoms with E-state index in [2.05, 4.69) is 4.72 Å². The lowest BCUT2D eigenvalue weighted by molar-refractivity contribution is 0.476. The fourth-order valence-corrected chi connectivity index (χ4v) is 3.19. The highest BCUT2D eigenvalue weighted by atomic mass is 32.2. The summed E-state index contributed by atoms with van der Waals surface area (Å²) in [4.78, 5) is 0. The number of sulfonamides is 1. The molecule has 2 N–H and O–H groups in total. The molecule has 1 aromatic rings. The first-order chi connectivity index (χ1) is 8.51. The Bertz CT molecular complexity index is 542. The second-order valence-corrected chi connectivity index (χ2v) is 8.03. The van der Waals surface area contributed by atoms with Gasteiger partial charge < -0.3 is 5.11 Å². The molecule has 0 bridgehead atoms. The highest BCUT2D eigenvalue weighted by Gasteiger charge is 2.19. The number of rotatable bonds is 4. The van der Waals surface area contributed by atoms with Crippen LogP contribution in [0.5, 0.6) is 5.75 Å². The van der Waals surface area contributed by atoms with Crippen LogP contribution in [0.1, 0.15) is 40.2 Å². The number of hydrogen-bond donors (Lipinski definition) is 2. The Morgan fingerprint density at radius 3 is 2.32 bits per heavy atom. The van der Waals surface area contributed by atoms with Crippen molar-refractivity contribution in [1.82, 2.24) is 0 Å². The molecule has 0 spiro atoms. The third kappa shape index (κ3) is 4.74. The Labute approximate surface area is 115 Å². The van der Waals surface area contributed by atoms with Crippen molar-refractivity contribution >= 4 is 15.7 Å². The lowest BCUT2D eigenvalue weighted by Gasteiger charge is -2.21. The van der Waals surface area contributed by atoms with E-state index in [1.165, 1.54) is 6.07 Å². The minimum Gasteiger partial charge on any atom is -0.506 e. The fourth-order valence-electron chi connectivity index (χ4n) is 1.73. The van der Waals surface area contributed by atoms with E-state index in [9.17, 15) is 13.5 Å². The average Bonchev–Trinajstić information content (AvgIpc) is 2.17. The molecule has 0 aliphatic carbocycles. The largest absolute Gasteiger partial charge is 0.506 e. The topological polar surface area (TPSA) is 66.4 Å². The highest BCUT2D eigenvalue weighted by molar-refractivity contribution is 7.92. The molecule has 0 fully saturated rings. The molecule has 5 heteroatoms. The lowest BCUT2D eigenvalue weighted by Crippen LogP contribution is -2.20. The molecule has 0 aromatic heterocycles. The van der Waals surface area contributed by atoms with E-state index in [-0.39, 0.29) is 28.5 Å². The molecule has 4 nitrogen and oxygen atoms in total. The normalized spacial score (nSPS) is 12.7. The summed E-state index contributed by atoms with van der Waals surface area (Å²) >= 11 is 0. The molecule has 0 radical (unpaired) electrons. The van der Waals surface area contributed by atoms with Gasteiger partial charge >= 0.3 is 0 Å². The molecule has 0 saturated carbocycles. The molecule has 1 aromatic carbocycles. The van der Waals surface area contributed by atoms with Crippen LogP contribution in [0.3, 0.4) is 0 Å². The van der Waals surface area contributed by atoms with Crippen LogP contribution in [-0.2, 0) is 15.4 Å². The Morgan fingerprint density at radius 2 is 1.84 bits per heavy atom. The predicted octanol–water partition coefficient (Wildman–Crippen LogP) is 3.09. The van der Waals surface area contributed by atoms with Crippen molar-refractivity contribution < 1.29 is 13.5 Å². The summed E-state index contributed by atoms with van der Waals surface area (Å²) in [6.45, 7) is 9.78. The van der Waals surface area contributed by atoms with Gasteiger partial charge in [-0.15, -0.1) is 0 Å². The van der Waals surface area contributed by atoms with Gasteiger partial charge in [0.2, 0.25) is 10.0 Å². The summed E-state index contributed by atoms with van der Waals surface area (Å²) in [5.41, 5.74) is 1.10. The first kappa shape index (κ1) is 15.8. The van der Waals surface area contributed by atoms with Crippen LogP contribution >= 0.6 is 0 Å². The number of aromatic hydroxyl groups is 1. The van der Waals surface area contributed by atoms with Gasteiger partial charge in [-0.05, 0) is 29.0 Å². The Hall–Kier alpha value is -1.23. The second-order valence-electron chi connectivity index (χ2n) is 6.26. The molecule has 0 unspecified atom stereocenters. The zero-order valence-corrected chi connectivity index (χ0v) is 13.0. The number of phenols is 1. The Balaban J connectivity index is 3.08. The van der Waals surface area contributed by atoms with Crippen LogP contribution in [-0.4, -0.2) is 19.3 Å². The van der Waals surface area contributed by atoms with Crippen molar-refractivity contribution in [2.45, 2.75) is 40.0 Å². The zero-order valence-electron chi connectivity index (χ0n) is 12.2. The van der Waals surface area contributed by atoms with E-state index in [1.54, 1.807) is 12.1 Å². The molecule has 19 heavy (non-hydrogen) atoms. The van der Waals surface area contributed by atoms with Gasteiger partial charge in [-0.3, -0.25) is 4.72 Å². The summed E-state index contributed by atoms with van der Waals surface area (Å²) < 4.78 is 26.3. The molecule has 0 aliphatic rings. The van der Waals surface area contributed by atoms with Gasteiger partial charge in [-0.2, -0.15) is 0 Å². The molecule has 0 amide bonds. The third-order valence-corrected chi connectivity index (χ3v) is 4.32. The maximum absolute atomic E-state index is 11.9. The third-order valence-electron chi connectivity index (χ3n) is 2.68. The van der Waals surface area contributed by atoms with Crippen molar-refractivity contribution in [3.63, 3.8) is 0 Å². The van der Waals surface area contributed by atoms with Gasteiger partial charge in [0.05, 0.1) is 11.4 Å². The number of hydrogen-bond acceptors (Lipinski definition) is 3. The first-order valence-electron chi connectivity index (χ1n) is 6.35. The van der Waals surface area contributed by atoms with Crippen LogP contribution in [0, 0.1) is 5.92 Å². The minimum atomic E-state index is -3.43. The maximum atomic E-state index is 11.9. The van der Waals surface area contributed by atoms with Crippen molar-refractivity contribution in [3.8, 4) is 5.75 Å². The van der Waals surface area contributed by atoms with E-state index >= 15 is 0 Å². The summed E-state index contributed by atoms with van der Waals surface area (Å²) in [5.74, 6) is 0.0115. The number of benzene rings is 1. The minimum absolute atomic E-state index is 0.0328. The maximum Gasteiger partial charge on any atom is 0.233 e. The van der Waals surface area contributed by atoms with Crippen LogP contribution in [0.2, 0.25) is 0 Å². The van der Waals surface area contributed by atoms with Crippen molar-refractivity contribution in [1.29, 1.82) is 0 Å². The van der Waals surface area contributed by atoms with Crippen LogP contribution < -0.4 is 4.72 Å². The molecular formula is C14H23NO3S. The Morgan fingerprint density at radius 1 is 1.26 bits per heavy atom. The van der Waals surface area contributed by atoms with E-state index in [0.29, 0.717) is 0 Å². The van der Waals surface area contributed by atoms with E-state index in [0.717, 1.165) is 5.56 Å². The summed E-state index contributed by atoms with van der Waals surface area (Å²) in [6, 6.07) is 5.01. The Kier molecular flexibility index (Phi) is 4.50. The van der Waals surface area contributed by atoms with Crippen molar-refractivity contribution in [2.24, 2.45) is 5.92 Å². The number of anilines is 1. The molecular weight excluding hydrogens is 262 g/mol. The standard InChI is InChI=1S/C14H23NO3S/c1-10(2)9-19(17,18)15-12-8-11(14(3,4)5)6-7-13(12)16/h6-8,10,15-16H,9H2,1-5H3. The van der Waals surface area contributed by atoms with Gasteiger partial charge in [0.1, 0.15) is 5.75 Å². The molecule has 0 atom stereocenters. The van der Waals surface area contributed by atoms with Gasteiger partial charge in [-0.25, -0.2) is 8.42 Å². The van der Waals surface area contributed by atoms with E-state index in [4.69, 9.17) is 0 Å². The van der Waals surface area contributed by atoms with Crippen molar-refractivity contribution in [2.75, 3.05) is 10.5 Å². The van der Waals surface area contributed by atoms with Crippen LogP contribution in [0.25, 0.3) is 0 Å². The van der Waals surface area contributed by atoms with Crippen LogP contribution in [0.15, 0.2) is 18.2 Å². The van der Waals surface area contributed by atoms with E-state index in [1.807, 2.05) is 34.6 Å². The highest BCUT2D eigenvalue weighted by Crippen LogP contribution is 2.31. The molecule has 0 aliphatic heterocycles. The lowest BCUT2D eigenvalue weighted by atomic mass is 9.87. The van der Waals surface area contributed by atoms with Crippen molar-refractivity contribution in [3.05, 3.63) is 23.8 Å². The first-order valence-corrected chi connectivity index (χ1v) is 8.00. The monoisotopic (exact) mass is 285 g/mol. The summed E-state index contributed by atoms with van der Waals surface area (Å²) in [5, 5.41) is 9.77. The second kappa shape index (κ2) is 5.41. The predicted molar refractivity (Wildman–Crippen MR) is 79.1 cm³/mol. The van der Waals surface area contributed by atoms with Gasteiger partial charge in [0.25, 0.3) is 0 Å². The quantitative estimate of drug-likeness (QED) is 0.835. The van der Waals surface area contributed by atoms with Gasteiger partial charge in [-0.1, -0.05) is 40.7 Å². The average molecular weight is 285 g/mol. The molecule has 0 saturated heterocycles. The number of phenolic OH excluding ortho intramolecular Hbond substituents is 1. The zero-order chi connectivity index (χ0) is 14.8. The molecule has 0 heterocycles.